The summed E-state index contributed by atoms with van der Waals surface area (Å²) >= 11 is 0. The SMILES string of the molecule is COc1cccc2cc3ccccc3cc12. The number of methoxy groups -OCH3 is 1. The average Bonchev–Trinajstić information content (AvgIpc) is 2.35. The van der Waals surface area contributed by atoms with Crippen LogP contribution in [0, 0.1) is 0 Å². The van der Waals surface area contributed by atoms with E-state index in [1.165, 1.54) is 21.5 Å². The lowest BCUT2D eigenvalue weighted by Crippen LogP contribution is -1.84. The van der Waals surface area contributed by atoms with Crippen molar-refractivity contribution in [2.45, 2.75) is 0 Å². The highest BCUT2D eigenvalue weighted by Crippen LogP contribution is 2.29. The van der Waals surface area contributed by atoms with E-state index in [4.69, 9.17) is 4.74 Å². The van der Waals surface area contributed by atoms with E-state index >= 15 is 0 Å². The van der Waals surface area contributed by atoms with E-state index in [2.05, 4.69) is 42.5 Å². The first kappa shape index (κ1) is 9.22. The minimum Gasteiger partial charge on any atom is -0.496 e. The Balaban J connectivity index is 2.46. The Morgan fingerprint density at radius 2 is 1.44 bits per heavy atom. The van der Waals surface area contributed by atoms with Crippen LogP contribution in [0.25, 0.3) is 21.5 Å². The molecule has 0 unspecified atom stereocenters. The fourth-order valence-electron chi connectivity index (χ4n) is 2.12. The van der Waals surface area contributed by atoms with Gasteiger partial charge < -0.3 is 4.74 Å². The van der Waals surface area contributed by atoms with Gasteiger partial charge in [-0.25, -0.2) is 0 Å². The zero-order valence-electron chi connectivity index (χ0n) is 9.10. The van der Waals surface area contributed by atoms with Crippen LogP contribution in [0.3, 0.4) is 0 Å². The summed E-state index contributed by atoms with van der Waals surface area (Å²) in [6, 6.07) is 18.9. The summed E-state index contributed by atoms with van der Waals surface area (Å²) in [5.41, 5.74) is 0. The summed E-state index contributed by atoms with van der Waals surface area (Å²) in [5, 5.41) is 4.91. The molecule has 0 aliphatic carbocycles. The average molecular weight is 208 g/mol. The number of rotatable bonds is 1. The third-order valence-electron chi connectivity index (χ3n) is 2.93. The van der Waals surface area contributed by atoms with Gasteiger partial charge in [-0.15, -0.1) is 0 Å². The summed E-state index contributed by atoms with van der Waals surface area (Å²) in [4.78, 5) is 0. The van der Waals surface area contributed by atoms with Crippen molar-refractivity contribution < 1.29 is 4.74 Å². The number of hydrogen-bond donors (Lipinski definition) is 0. The van der Waals surface area contributed by atoms with Crippen molar-refractivity contribution in [3.8, 4) is 5.75 Å². The molecule has 16 heavy (non-hydrogen) atoms. The molecule has 0 amide bonds. The summed E-state index contributed by atoms with van der Waals surface area (Å²) in [6.07, 6.45) is 0. The van der Waals surface area contributed by atoms with E-state index in [0.29, 0.717) is 0 Å². The van der Waals surface area contributed by atoms with Gasteiger partial charge in [-0.3, -0.25) is 0 Å². The molecule has 0 fully saturated rings. The molecule has 3 aromatic rings. The Morgan fingerprint density at radius 3 is 2.19 bits per heavy atom. The van der Waals surface area contributed by atoms with Crippen LogP contribution in [0.5, 0.6) is 5.75 Å². The second-order valence-electron chi connectivity index (χ2n) is 3.88. The van der Waals surface area contributed by atoms with E-state index in [0.717, 1.165) is 5.75 Å². The second-order valence-corrected chi connectivity index (χ2v) is 3.88. The topological polar surface area (TPSA) is 9.23 Å². The quantitative estimate of drug-likeness (QED) is 0.549. The molecule has 0 N–H and O–H groups in total. The molecule has 0 saturated heterocycles. The van der Waals surface area contributed by atoms with Crippen LogP contribution in [0.15, 0.2) is 54.6 Å². The van der Waals surface area contributed by atoms with Gasteiger partial charge in [0.25, 0.3) is 0 Å². The van der Waals surface area contributed by atoms with Gasteiger partial charge in [-0.1, -0.05) is 36.4 Å². The standard InChI is InChI=1S/C15H12O/c1-16-15-8-4-7-13-9-11-5-2-3-6-12(11)10-14(13)15/h2-10H,1H3. The molecule has 3 rings (SSSR count). The summed E-state index contributed by atoms with van der Waals surface area (Å²) in [5.74, 6) is 0.934. The van der Waals surface area contributed by atoms with Crippen molar-refractivity contribution in [1.29, 1.82) is 0 Å². The minimum atomic E-state index is 0.934. The van der Waals surface area contributed by atoms with Crippen LogP contribution in [-0.4, -0.2) is 7.11 Å². The van der Waals surface area contributed by atoms with Crippen molar-refractivity contribution in [2.24, 2.45) is 0 Å². The van der Waals surface area contributed by atoms with Gasteiger partial charge in [0, 0.05) is 5.39 Å². The molecule has 0 aliphatic heterocycles. The minimum absolute atomic E-state index is 0.934. The third-order valence-corrected chi connectivity index (χ3v) is 2.93. The van der Waals surface area contributed by atoms with Crippen LogP contribution in [0.2, 0.25) is 0 Å². The summed E-state index contributed by atoms with van der Waals surface area (Å²) in [6.45, 7) is 0. The molecule has 0 atom stereocenters. The van der Waals surface area contributed by atoms with E-state index in [1.54, 1.807) is 7.11 Å². The smallest absolute Gasteiger partial charge is 0.126 e. The highest BCUT2D eigenvalue weighted by molar-refractivity contribution is 6.00. The fourth-order valence-corrected chi connectivity index (χ4v) is 2.12. The van der Waals surface area contributed by atoms with Gasteiger partial charge in [-0.2, -0.15) is 0 Å². The van der Waals surface area contributed by atoms with Crippen molar-refractivity contribution >= 4 is 21.5 Å². The Hall–Kier alpha value is -2.02. The van der Waals surface area contributed by atoms with E-state index < -0.39 is 0 Å². The molecule has 1 nitrogen and oxygen atoms in total. The summed E-state index contributed by atoms with van der Waals surface area (Å²) < 4.78 is 5.38. The Kier molecular flexibility index (Phi) is 2.03. The highest BCUT2D eigenvalue weighted by Gasteiger charge is 2.02. The van der Waals surface area contributed by atoms with E-state index in [-0.39, 0.29) is 0 Å². The molecule has 1 heteroatoms. The first-order valence-corrected chi connectivity index (χ1v) is 5.34. The predicted octanol–water partition coefficient (Wildman–Crippen LogP) is 4.00. The van der Waals surface area contributed by atoms with Crippen LogP contribution in [0.4, 0.5) is 0 Å². The van der Waals surface area contributed by atoms with Crippen molar-refractivity contribution in [3.63, 3.8) is 0 Å². The van der Waals surface area contributed by atoms with Crippen LogP contribution in [-0.2, 0) is 0 Å². The lowest BCUT2D eigenvalue weighted by atomic mass is 10.0. The Bertz CT molecular complexity index is 656. The molecule has 0 saturated carbocycles. The molecule has 78 valence electrons. The zero-order valence-corrected chi connectivity index (χ0v) is 9.10. The maximum atomic E-state index is 5.38. The maximum absolute atomic E-state index is 5.38. The molecular formula is C15H12O. The lowest BCUT2D eigenvalue weighted by molar-refractivity contribution is 0.420. The second kappa shape index (κ2) is 3.53. The van der Waals surface area contributed by atoms with Crippen molar-refractivity contribution in [1.82, 2.24) is 0 Å². The van der Waals surface area contributed by atoms with Crippen molar-refractivity contribution in [2.75, 3.05) is 7.11 Å². The molecule has 0 heterocycles. The van der Waals surface area contributed by atoms with E-state index in [9.17, 15) is 0 Å². The Labute approximate surface area is 94.3 Å². The van der Waals surface area contributed by atoms with Gasteiger partial charge in [0.2, 0.25) is 0 Å². The van der Waals surface area contributed by atoms with E-state index in [1.807, 2.05) is 12.1 Å². The number of benzene rings is 3. The summed E-state index contributed by atoms with van der Waals surface area (Å²) in [7, 11) is 1.71. The first-order valence-electron chi connectivity index (χ1n) is 5.34. The van der Waals surface area contributed by atoms with Crippen LogP contribution < -0.4 is 4.74 Å². The van der Waals surface area contributed by atoms with Gasteiger partial charge in [-0.05, 0) is 34.4 Å². The van der Waals surface area contributed by atoms with Gasteiger partial charge >= 0.3 is 0 Å². The third kappa shape index (κ3) is 1.33. The number of fused-ring (bicyclic) bond motifs is 2. The molecule has 3 aromatic carbocycles. The lowest BCUT2D eigenvalue weighted by Gasteiger charge is -2.06. The monoisotopic (exact) mass is 208 g/mol. The van der Waals surface area contributed by atoms with Crippen LogP contribution in [0.1, 0.15) is 0 Å². The molecule has 0 aromatic heterocycles. The molecule has 0 bridgehead atoms. The highest BCUT2D eigenvalue weighted by atomic mass is 16.5. The van der Waals surface area contributed by atoms with Gasteiger partial charge in [0.1, 0.15) is 5.75 Å². The molecule has 0 radical (unpaired) electrons. The number of hydrogen-bond acceptors (Lipinski definition) is 1. The normalized spacial score (nSPS) is 10.8. The van der Waals surface area contributed by atoms with Crippen LogP contribution >= 0.6 is 0 Å². The molecular weight excluding hydrogens is 196 g/mol. The molecule has 0 aliphatic rings. The first-order chi connectivity index (χ1) is 7.88. The number of ether oxygens (including phenoxy) is 1. The zero-order chi connectivity index (χ0) is 11.0. The van der Waals surface area contributed by atoms with Gasteiger partial charge in [0.15, 0.2) is 0 Å². The Morgan fingerprint density at radius 1 is 0.750 bits per heavy atom. The molecule has 0 spiro atoms. The van der Waals surface area contributed by atoms with Crippen molar-refractivity contribution in [3.05, 3.63) is 54.6 Å². The van der Waals surface area contributed by atoms with Gasteiger partial charge in [0.05, 0.1) is 7.11 Å². The largest absolute Gasteiger partial charge is 0.496 e. The fraction of sp³-hybridized carbons (Fsp3) is 0.0667. The predicted molar refractivity (Wildman–Crippen MR) is 68.0 cm³/mol. The maximum Gasteiger partial charge on any atom is 0.126 e.